The Balaban J connectivity index is 2.28. The summed E-state index contributed by atoms with van der Waals surface area (Å²) in [6.07, 6.45) is 4.88. The molecule has 0 unspecified atom stereocenters. The van der Waals surface area contributed by atoms with E-state index >= 15 is 0 Å². The van der Waals surface area contributed by atoms with Crippen molar-refractivity contribution in [3.8, 4) is 0 Å². The molecule has 0 amide bonds. The van der Waals surface area contributed by atoms with Crippen molar-refractivity contribution >= 4 is 26.8 Å². The minimum atomic E-state index is -3.75. The molecule has 0 spiro atoms. The Morgan fingerprint density at radius 1 is 1.13 bits per heavy atom. The first-order valence-corrected chi connectivity index (χ1v) is 8.94. The van der Waals surface area contributed by atoms with Crippen molar-refractivity contribution in [2.75, 3.05) is 5.73 Å². The molecular weight excluding hydrogens is 312 g/mol. The van der Waals surface area contributed by atoms with Gasteiger partial charge in [0.2, 0.25) is 9.84 Å². The molecule has 0 atom stereocenters. The molecule has 2 aromatic heterocycles. The van der Waals surface area contributed by atoms with Gasteiger partial charge in [-0.3, -0.25) is 0 Å². The van der Waals surface area contributed by atoms with Crippen LogP contribution in [0.1, 0.15) is 19.8 Å². The van der Waals surface area contributed by atoms with Gasteiger partial charge in [0, 0.05) is 18.9 Å². The maximum Gasteiger partial charge on any atom is 0.212 e. The molecule has 3 aromatic rings. The van der Waals surface area contributed by atoms with Crippen LogP contribution in [0.4, 0.5) is 5.82 Å². The van der Waals surface area contributed by atoms with Gasteiger partial charge in [-0.1, -0.05) is 31.5 Å². The summed E-state index contributed by atoms with van der Waals surface area (Å²) in [7, 11) is -3.75. The second-order valence-electron chi connectivity index (χ2n) is 5.26. The smallest absolute Gasteiger partial charge is 0.212 e. The van der Waals surface area contributed by atoms with Crippen LogP contribution in [0.25, 0.3) is 11.2 Å². The predicted octanol–water partition coefficient (Wildman–Crippen LogP) is 2.65. The van der Waals surface area contributed by atoms with Crippen molar-refractivity contribution in [3.63, 3.8) is 0 Å². The molecule has 0 saturated heterocycles. The summed E-state index contributed by atoms with van der Waals surface area (Å²) in [6.45, 7) is 2.68. The van der Waals surface area contributed by atoms with Crippen LogP contribution in [0.3, 0.4) is 0 Å². The quantitative estimate of drug-likeness (QED) is 0.776. The summed E-state index contributed by atoms with van der Waals surface area (Å²) in [6, 6.07) is 8.25. The lowest BCUT2D eigenvalue weighted by Crippen LogP contribution is -2.08. The summed E-state index contributed by atoms with van der Waals surface area (Å²) in [4.78, 5) is 8.74. The van der Waals surface area contributed by atoms with Crippen molar-refractivity contribution in [1.29, 1.82) is 0 Å². The van der Waals surface area contributed by atoms with E-state index < -0.39 is 9.84 Å². The van der Waals surface area contributed by atoms with Gasteiger partial charge in [0.05, 0.1) is 4.90 Å². The highest BCUT2D eigenvalue weighted by atomic mass is 32.2. The third kappa shape index (κ3) is 2.57. The van der Waals surface area contributed by atoms with Crippen LogP contribution in [-0.4, -0.2) is 23.0 Å². The lowest BCUT2D eigenvalue weighted by atomic mass is 10.3. The van der Waals surface area contributed by atoms with Crippen LogP contribution in [0.5, 0.6) is 0 Å². The van der Waals surface area contributed by atoms with Gasteiger partial charge in [0.25, 0.3) is 0 Å². The zero-order chi connectivity index (χ0) is 16.4. The van der Waals surface area contributed by atoms with E-state index in [1.165, 1.54) is 6.20 Å². The number of rotatable bonds is 5. The van der Waals surface area contributed by atoms with Crippen LogP contribution < -0.4 is 5.73 Å². The zero-order valence-electron chi connectivity index (χ0n) is 12.8. The Labute approximate surface area is 134 Å². The van der Waals surface area contributed by atoms with E-state index in [0.717, 1.165) is 12.8 Å². The number of benzene rings is 1. The van der Waals surface area contributed by atoms with Crippen LogP contribution in [0.2, 0.25) is 0 Å². The van der Waals surface area contributed by atoms with Gasteiger partial charge in [-0.05, 0) is 18.6 Å². The standard InChI is InChI=1S/C16H18N4O2S/c1-2-3-11-20-15(17)14(13-16(20)19-10-9-18-13)23(21,22)12-7-5-4-6-8-12/h4-10H,2-3,11,17H2,1H3. The second-order valence-corrected chi connectivity index (χ2v) is 7.15. The molecule has 0 aliphatic carbocycles. The predicted molar refractivity (Wildman–Crippen MR) is 88.7 cm³/mol. The van der Waals surface area contributed by atoms with E-state index in [1.54, 1.807) is 41.1 Å². The lowest BCUT2D eigenvalue weighted by molar-refractivity contribution is 0.596. The molecule has 1 aromatic carbocycles. The average Bonchev–Trinajstić information content (AvgIpc) is 2.86. The molecule has 0 saturated carbocycles. The highest BCUT2D eigenvalue weighted by Crippen LogP contribution is 2.33. The zero-order valence-corrected chi connectivity index (χ0v) is 13.6. The Hall–Kier alpha value is -2.41. The second kappa shape index (κ2) is 6.00. The molecular formula is C16H18N4O2S. The third-order valence-electron chi connectivity index (χ3n) is 3.73. The Kier molecular flexibility index (Phi) is 4.04. The first-order chi connectivity index (χ1) is 11.1. The van der Waals surface area contributed by atoms with Crippen molar-refractivity contribution < 1.29 is 8.42 Å². The van der Waals surface area contributed by atoms with Gasteiger partial charge in [-0.15, -0.1) is 0 Å². The first-order valence-electron chi connectivity index (χ1n) is 7.46. The Morgan fingerprint density at radius 2 is 1.83 bits per heavy atom. The van der Waals surface area contributed by atoms with Crippen molar-refractivity contribution in [2.24, 2.45) is 0 Å². The molecule has 120 valence electrons. The summed E-state index contributed by atoms with van der Waals surface area (Å²) in [5.74, 6) is 0.198. The summed E-state index contributed by atoms with van der Waals surface area (Å²) < 4.78 is 27.7. The summed E-state index contributed by atoms with van der Waals surface area (Å²) in [5, 5.41) is 0. The number of nitrogens with two attached hydrogens (primary N) is 1. The van der Waals surface area contributed by atoms with E-state index in [9.17, 15) is 8.42 Å². The van der Waals surface area contributed by atoms with Crippen LogP contribution in [0, 0.1) is 0 Å². The lowest BCUT2D eigenvalue weighted by Gasteiger charge is -2.07. The SMILES string of the molecule is CCCCn1c(N)c(S(=O)(=O)c2ccccc2)c2nccnc21. The number of nitrogen functional groups attached to an aromatic ring is 1. The van der Waals surface area contributed by atoms with Gasteiger partial charge < -0.3 is 10.3 Å². The normalized spacial score (nSPS) is 11.9. The highest BCUT2D eigenvalue weighted by molar-refractivity contribution is 7.92. The monoisotopic (exact) mass is 330 g/mol. The van der Waals surface area contributed by atoms with E-state index in [1.807, 2.05) is 0 Å². The Bertz CT molecular complexity index is 933. The maximum atomic E-state index is 13.0. The number of aromatic nitrogens is 3. The molecule has 2 heterocycles. The molecule has 0 radical (unpaired) electrons. The van der Waals surface area contributed by atoms with E-state index in [2.05, 4.69) is 16.9 Å². The molecule has 0 aliphatic rings. The minimum Gasteiger partial charge on any atom is -0.384 e. The fraction of sp³-hybridized carbons (Fsp3) is 0.250. The molecule has 6 nitrogen and oxygen atoms in total. The summed E-state index contributed by atoms with van der Waals surface area (Å²) >= 11 is 0. The van der Waals surface area contributed by atoms with Crippen LogP contribution >= 0.6 is 0 Å². The number of nitrogens with zero attached hydrogens (tertiary/aromatic N) is 3. The van der Waals surface area contributed by atoms with Gasteiger partial charge in [-0.25, -0.2) is 18.4 Å². The molecule has 0 bridgehead atoms. The Morgan fingerprint density at radius 3 is 2.52 bits per heavy atom. The van der Waals surface area contributed by atoms with E-state index in [0.29, 0.717) is 17.7 Å². The molecule has 3 rings (SSSR count). The first kappa shape index (κ1) is 15.5. The molecule has 7 heteroatoms. The third-order valence-corrected chi connectivity index (χ3v) is 5.56. The van der Waals surface area contributed by atoms with Gasteiger partial charge in [0.15, 0.2) is 5.65 Å². The maximum absolute atomic E-state index is 13.0. The van der Waals surface area contributed by atoms with Crippen molar-refractivity contribution in [1.82, 2.24) is 14.5 Å². The average molecular weight is 330 g/mol. The highest BCUT2D eigenvalue weighted by Gasteiger charge is 2.29. The topological polar surface area (TPSA) is 90.9 Å². The number of unbranched alkanes of at least 4 members (excludes halogenated alkanes) is 1. The molecule has 0 fully saturated rings. The minimum absolute atomic E-state index is 0.0444. The fourth-order valence-electron chi connectivity index (χ4n) is 2.57. The molecule has 0 aliphatic heterocycles. The fourth-order valence-corrected chi connectivity index (χ4v) is 4.11. The van der Waals surface area contributed by atoms with Crippen LogP contribution in [0.15, 0.2) is 52.5 Å². The number of hydrogen-bond acceptors (Lipinski definition) is 5. The van der Waals surface area contributed by atoms with Crippen molar-refractivity contribution in [2.45, 2.75) is 36.1 Å². The van der Waals surface area contributed by atoms with Crippen LogP contribution in [-0.2, 0) is 16.4 Å². The molecule has 23 heavy (non-hydrogen) atoms. The van der Waals surface area contributed by atoms with E-state index in [4.69, 9.17) is 5.73 Å². The summed E-state index contributed by atoms with van der Waals surface area (Å²) in [5.41, 5.74) is 7.02. The number of aryl methyl sites for hydroxylation is 1. The number of fused-ring (bicyclic) bond motifs is 1. The van der Waals surface area contributed by atoms with Crippen molar-refractivity contribution in [3.05, 3.63) is 42.7 Å². The molecule has 2 N–H and O–H groups in total. The van der Waals surface area contributed by atoms with Gasteiger partial charge in [0.1, 0.15) is 16.2 Å². The number of sulfone groups is 1. The largest absolute Gasteiger partial charge is 0.384 e. The van der Waals surface area contributed by atoms with E-state index in [-0.39, 0.29) is 15.6 Å². The number of hydrogen-bond donors (Lipinski definition) is 1. The van der Waals surface area contributed by atoms with Gasteiger partial charge in [-0.2, -0.15) is 0 Å². The number of anilines is 1. The van der Waals surface area contributed by atoms with Gasteiger partial charge >= 0.3 is 0 Å².